The highest BCUT2D eigenvalue weighted by Crippen LogP contribution is 2.42. The molecule has 18 heavy (non-hydrogen) atoms. The van der Waals surface area contributed by atoms with Crippen LogP contribution in [-0.2, 0) is 4.74 Å². The zero-order valence-electron chi connectivity index (χ0n) is 10.8. The monoisotopic (exact) mass is 249 g/mol. The Hall–Kier alpha value is -1.62. The van der Waals surface area contributed by atoms with Gasteiger partial charge in [-0.25, -0.2) is 4.79 Å². The van der Waals surface area contributed by atoms with Crippen LogP contribution in [0, 0.1) is 5.92 Å². The van der Waals surface area contributed by atoms with E-state index in [1.165, 1.54) is 4.57 Å². The number of hydrogen-bond acceptors (Lipinski definition) is 4. The van der Waals surface area contributed by atoms with Crippen LogP contribution in [0.5, 0.6) is 0 Å². The van der Waals surface area contributed by atoms with Gasteiger partial charge in [-0.2, -0.15) is 4.98 Å². The van der Waals surface area contributed by atoms with Gasteiger partial charge in [-0.05, 0) is 18.9 Å². The topological polar surface area (TPSA) is 70.1 Å². The first kappa shape index (κ1) is 12.8. The minimum absolute atomic E-state index is 0.228. The van der Waals surface area contributed by atoms with Crippen molar-refractivity contribution in [2.45, 2.75) is 38.5 Å². The van der Waals surface area contributed by atoms with Gasteiger partial charge in [0.25, 0.3) is 0 Å². The highest BCUT2D eigenvalue weighted by Gasteiger charge is 2.42. The molecular weight excluding hydrogens is 230 g/mol. The first-order valence-corrected chi connectivity index (χ1v) is 6.17. The molecule has 1 aliphatic rings. The fourth-order valence-corrected chi connectivity index (χ4v) is 2.50. The molecule has 2 heterocycles. The third kappa shape index (κ3) is 2.06. The Kier molecular flexibility index (Phi) is 3.26. The zero-order valence-corrected chi connectivity index (χ0v) is 10.8. The van der Waals surface area contributed by atoms with Crippen molar-refractivity contribution in [1.82, 2.24) is 9.55 Å². The SMILES string of the molecule is C=CC1(CC)CC(C)C(n2ccc(N)nc2=O)O1. The van der Waals surface area contributed by atoms with Crippen LogP contribution in [0.4, 0.5) is 5.82 Å². The van der Waals surface area contributed by atoms with Crippen LogP contribution >= 0.6 is 0 Å². The number of aromatic nitrogens is 2. The van der Waals surface area contributed by atoms with Crippen LogP contribution in [0.15, 0.2) is 29.7 Å². The van der Waals surface area contributed by atoms with Gasteiger partial charge in [0.05, 0.1) is 5.60 Å². The molecule has 2 rings (SSSR count). The molecule has 0 amide bonds. The van der Waals surface area contributed by atoms with E-state index in [1.54, 1.807) is 12.3 Å². The number of hydrogen-bond donors (Lipinski definition) is 1. The molecule has 3 unspecified atom stereocenters. The molecule has 2 N–H and O–H groups in total. The Morgan fingerprint density at radius 2 is 2.50 bits per heavy atom. The first-order valence-electron chi connectivity index (χ1n) is 6.17. The summed E-state index contributed by atoms with van der Waals surface area (Å²) in [6.45, 7) is 7.96. The van der Waals surface area contributed by atoms with Crippen LogP contribution in [0.3, 0.4) is 0 Å². The summed E-state index contributed by atoms with van der Waals surface area (Å²) >= 11 is 0. The smallest absolute Gasteiger partial charge is 0.351 e. The van der Waals surface area contributed by atoms with Gasteiger partial charge in [0.2, 0.25) is 0 Å². The number of nitrogen functional groups attached to an aromatic ring is 1. The van der Waals surface area contributed by atoms with Crippen molar-refractivity contribution >= 4 is 5.82 Å². The average Bonchev–Trinajstić information content (AvgIpc) is 2.67. The predicted molar refractivity (Wildman–Crippen MR) is 70.0 cm³/mol. The van der Waals surface area contributed by atoms with Crippen LogP contribution in [-0.4, -0.2) is 15.2 Å². The Bertz CT molecular complexity index is 511. The molecule has 1 aliphatic heterocycles. The first-order chi connectivity index (χ1) is 8.51. The van der Waals surface area contributed by atoms with E-state index in [9.17, 15) is 4.79 Å². The molecule has 0 radical (unpaired) electrons. The third-order valence-electron chi connectivity index (χ3n) is 3.61. The molecule has 5 heteroatoms. The van der Waals surface area contributed by atoms with E-state index in [0.29, 0.717) is 0 Å². The van der Waals surface area contributed by atoms with Gasteiger partial charge in [0, 0.05) is 12.1 Å². The lowest BCUT2D eigenvalue weighted by molar-refractivity contribution is -0.0546. The summed E-state index contributed by atoms with van der Waals surface area (Å²) in [4.78, 5) is 15.6. The second-order valence-corrected chi connectivity index (χ2v) is 4.85. The Labute approximate surface area is 106 Å². The molecule has 98 valence electrons. The van der Waals surface area contributed by atoms with E-state index >= 15 is 0 Å². The maximum absolute atomic E-state index is 11.8. The fourth-order valence-electron chi connectivity index (χ4n) is 2.50. The number of rotatable bonds is 3. The lowest BCUT2D eigenvalue weighted by atomic mass is 9.92. The molecule has 1 fully saturated rings. The maximum Gasteiger partial charge on any atom is 0.351 e. The largest absolute Gasteiger partial charge is 0.383 e. The van der Waals surface area contributed by atoms with E-state index in [0.717, 1.165) is 12.8 Å². The van der Waals surface area contributed by atoms with Crippen LogP contribution < -0.4 is 11.4 Å². The summed E-state index contributed by atoms with van der Waals surface area (Å²) in [5.74, 6) is 0.457. The maximum atomic E-state index is 11.8. The molecule has 1 saturated heterocycles. The van der Waals surface area contributed by atoms with E-state index in [-0.39, 0.29) is 29.3 Å². The predicted octanol–water partition coefficient (Wildman–Crippen LogP) is 1.72. The van der Waals surface area contributed by atoms with E-state index in [4.69, 9.17) is 10.5 Å². The minimum atomic E-state index is -0.372. The van der Waals surface area contributed by atoms with Crippen molar-refractivity contribution < 1.29 is 4.74 Å². The molecule has 1 aromatic rings. The zero-order chi connectivity index (χ0) is 13.3. The summed E-state index contributed by atoms with van der Waals surface area (Å²) < 4.78 is 7.53. The normalized spacial score (nSPS) is 31.4. The van der Waals surface area contributed by atoms with Crippen molar-refractivity contribution in [3.05, 3.63) is 35.4 Å². The van der Waals surface area contributed by atoms with Crippen LogP contribution in [0.2, 0.25) is 0 Å². The second-order valence-electron chi connectivity index (χ2n) is 4.85. The molecular formula is C13H19N3O2. The summed E-state index contributed by atoms with van der Waals surface area (Å²) in [6.07, 6.45) is 4.87. The van der Waals surface area contributed by atoms with Crippen molar-refractivity contribution in [2.75, 3.05) is 5.73 Å². The molecule has 1 aromatic heterocycles. The Morgan fingerprint density at radius 1 is 1.78 bits per heavy atom. The number of nitrogens with two attached hydrogens (primary N) is 1. The Balaban J connectivity index is 2.35. The van der Waals surface area contributed by atoms with Gasteiger partial charge >= 0.3 is 5.69 Å². The van der Waals surface area contributed by atoms with E-state index in [2.05, 4.69) is 25.4 Å². The molecule has 0 saturated carbocycles. The molecule has 3 atom stereocenters. The van der Waals surface area contributed by atoms with Crippen molar-refractivity contribution in [2.24, 2.45) is 5.92 Å². The molecule has 0 bridgehead atoms. The number of anilines is 1. The van der Waals surface area contributed by atoms with Gasteiger partial charge in [-0.1, -0.05) is 19.9 Å². The second kappa shape index (κ2) is 4.57. The molecule has 0 aliphatic carbocycles. The third-order valence-corrected chi connectivity index (χ3v) is 3.61. The van der Waals surface area contributed by atoms with E-state index < -0.39 is 0 Å². The van der Waals surface area contributed by atoms with Gasteiger partial charge in [0.1, 0.15) is 12.0 Å². The summed E-state index contributed by atoms with van der Waals surface area (Å²) in [5.41, 5.74) is 4.77. The highest BCUT2D eigenvalue weighted by atomic mass is 16.5. The average molecular weight is 249 g/mol. The summed E-state index contributed by atoms with van der Waals surface area (Å²) in [6, 6.07) is 1.61. The van der Waals surface area contributed by atoms with Crippen molar-refractivity contribution in [1.29, 1.82) is 0 Å². The molecule has 5 nitrogen and oxygen atoms in total. The Morgan fingerprint density at radius 3 is 3.00 bits per heavy atom. The lowest BCUT2D eigenvalue weighted by Crippen LogP contribution is -2.31. The quantitative estimate of drug-likeness (QED) is 0.828. The van der Waals surface area contributed by atoms with Gasteiger partial charge in [-0.3, -0.25) is 4.57 Å². The minimum Gasteiger partial charge on any atom is -0.383 e. The summed E-state index contributed by atoms with van der Waals surface area (Å²) in [5, 5.41) is 0. The lowest BCUT2D eigenvalue weighted by Gasteiger charge is -2.24. The molecule has 0 spiro atoms. The van der Waals surface area contributed by atoms with Crippen molar-refractivity contribution in [3.63, 3.8) is 0 Å². The number of nitrogens with zero attached hydrogens (tertiary/aromatic N) is 2. The van der Waals surface area contributed by atoms with Crippen molar-refractivity contribution in [3.8, 4) is 0 Å². The van der Waals surface area contributed by atoms with Gasteiger partial charge < -0.3 is 10.5 Å². The van der Waals surface area contributed by atoms with E-state index in [1.807, 2.05) is 6.08 Å². The number of ether oxygens (including phenoxy) is 1. The fraction of sp³-hybridized carbons (Fsp3) is 0.538. The summed E-state index contributed by atoms with van der Waals surface area (Å²) in [7, 11) is 0. The standard InChI is InChI=1S/C13H19N3O2/c1-4-13(5-2)8-9(3)11(18-13)16-7-6-10(14)15-12(16)17/h4,6-7,9,11H,1,5,8H2,2-3H3,(H2,14,15,17). The molecule has 0 aromatic carbocycles. The van der Waals surface area contributed by atoms with Crippen LogP contribution in [0.25, 0.3) is 0 Å². The van der Waals surface area contributed by atoms with Crippen LogP contribution in [0.1, 0.15) is 32.9 Å². The highest BCUT2D eigenvalue weighted by molar-refractivity contribution is 5.23. The van der Waals surface area contributed by atoms with Gasteiger partial charge in [-0.15, -0.1) is 6.58 Å². The van der Waals surface area contributed by atoms with Gasteiger partial charge in [0.15, 0.2) is 0 Å².